The lowest BCUT2D eigenvalue weighted by atomic mass is 10.1. The number of hydrogen-bond acceptors (Lipinski definition) is 3. The van der Waals surface area contributed by atoms with Crippen LogP contribution in [0.4, 0.5) is 0 Å². The van der Waals surface area contributed by atoms with E-state index < -0.39 is 0 Å². The fourth-order valence-electron chi connectivity index (χ4n) is 1.77. The highest BCUT2D eigenvalue weighted by Crippen LogP contribution is 2.04. The summed E-state index contributed by atoms with van der Waals surface area (Å²) in [4.78, 5) is 11.6. The highest BCUT2D eigenvalue weighted by Gasteiger charge is 2.00. The van der Waals surface area contributed by atoms with Gasteiger partial charge in [0.15, 0.2) is 0 Å². The molecule has 0 spiro atoms. The van der Waals surface area contributed by atoms with Gasteiger partial charge in [-0.05, 0) is 24.8 Å². The Morgan fingerprint density at radius 1 is 1.16 bits per heavy atom. The van der Waals surface area contributed by atoms with Gasteiger partial charge in [0.1, 0.15) is 0 Å². The van der Waals surface area contributed by atoms with E-state index in [0.717, 1.165) is 19.3 Å². The van der Waals surface area contributed by atoms with Gasteiger partial charge in [-0.25, -0.2) is 0 Å². The SMILES string of the molecule is NCCOCCCNC(=O)CCCc1ccccc1. The molecule has 1 aromatic carbocycles. The van der Waals surface area contributed by atoms with E-state index in [-0.39, 0.29) is 5.91 Å². The molecule has 0 fully saturated rings. The summed E-state index contributed by atoms with van der Waals surface area (Å²) < 4.78 is 5.23. The third-order valence-electron chi connectivity index (χ3n) is 2.76. The fourth-order valence-corrected chi connectivity index (χ4v) is 1.77. The van der Waals surface area contributed by atoms with Crippen LogP contribution in [0.5, 0.6) is 0 Å². The van der Waals surface area contributed by atoms with E-state index in [1.54, 1.807) is 0 Å². The number of aryl methyl sites for hydroxylation is 1. The van der Waals surface area contributed by atoms with Gasteiger partial charge in [-0.2, -0.15) is 0 Å². The van der Waals surface area contributed by atoms with Crippen LogP contribution in [0.2, 0.25) is 0 Å². The normalized spacial score (nSPS) is 10.4. The predicted octanol–water partition coefficient (Wildman–Crippen LogP) is 1.49. The van der Waals surface area contributed by atoms with E-state index >= 15 is 0 Å². The second-order valence-electron chi connectivity index (χ2n) is 4.44. The Labute approximate surface area is 115 Å². The van der Waals surface area contributed by atoms with Crippen LogP contribution in [0.1, 0.15) is 24.8 Å². The number of hydrogen-bond donors (Lipinski definition) is 2. The predicted molar refractivity (Wildman–Crippen MR) is 76.9 cm³/mol. The average molecular weight is 264 g/mol. The molecule has 1 amide bonds. The molecule has 0 heterocycles. The van der Waals surface area contributed by atoms with E-state index in [9.17, 15) is 4.79 Å². The lowest BCUT2D eigenvalue weighted by Crippen LogP contribution is -2.25. The van der Waals surface area contributed by atoms with E-state index in [4.69, 9.17) is 10.5 Å². The van der Waals surface area contributed by atoms with Gasteiger partial charge in [0.25, 0.3) is 0 Å². The zero-order chi connectivity index (χ0) is 13.8. The molecule has 19 heavy (non-hydrogen) atoms. The van der Waals surface area contributed by atoms with Crippen LogP contribution in [0, 0.1) is 0 Å². The van der Waals surface area contributed by atoms with Crippen LogP contribution < -0.4 is 11.1 Å². The molecule has 1 rings (SSSR count). The second-order valence-corrected chi connectivity index (χ2v) is 4.44. The van der Waals surface area contributed by atoms with E-state index in [0.29, 0.717) is 32.7 Å². The van der Waals surface area contributed by atoms with Crippen LogP contribution in [-0.4, -0.2) is 32.2 Å². The fraction of sp³-hybridized carbons (Fsp3) is 0.533. The maximum atomic E-state index is 11.6. The average Bonchev–Trinajstić information content (AvgIpc) is 2.44. The van der Waals surface area contributed by atoms with E-state index in [2.05, 4.69) is 17.4 Å². The summed E-state index contributed by atoms with van der Waals surface area (Å²) in [5.74, 6) is 0.120. The highest BCUT2D eigenvalue weighted by molar-refractivity contribution is 5.75. The minimum absolute atomic E-state index is 0.120. The zero-order valence-corrected chi connectivity index (χ0v) is 11.4. The third kappa shape index (κ3) is 8.35. The number of nitrogens with one attached hydrogen (secondary N) is 1. The van der Waals surface area contributed by atoms with Gasteiger partial charge in [0, 0.05) is 26.1 Å². The molecular weight excluding hydrogens is 240 g/mol. The van der Waals surface area contributed by atoms with E-state index in [1.165, 1.54) is 5.56 Å². The Balaban J connectivity index is 1.96. The Kier molecular flexibility index (Phi) is 8.68. The summed E-state index contributed by atoms with van der Waals surface area (Å²) in [5, 5.41) is 2.90. The Morgan fingerprint density at radius 2 is 1.95 bits per heavy atom. The number of rotatable bonds is 10. The molecule has 3 N–H and O–H groups in total. The molecular formula is C15H24N2O2. The first-order chi connectivity index (χ1) is 9.33. The summed E-state index contributed by atoms with van der Waals surface area (Å²) in [6.07, 6.45) is 3.26. The molecule has 0 saturated carbocycles. The molecule has 0 aliphatic carbocycles. The summed E-state index contributed by atoms with van der Waals surface area (Å²) in [5.41, 5.74) is 6.58. The number of benzene rings is 1. The minimum atomic E-state index is 0.120. The minimum Gasteiger partial charge on any atom is -0.380 e. The van der Waals surface area contributed by atoms with Crippen LogP contribution >= 0.6 is 0 Å². The highest BCUT2D eigenvalue weighted by atomic mass is 16.5. The zero-order valence-electron chi connectivity index (χ0n) is 11.4. The quantitative estimate of drug-likeness (QED) is 0.629. The van der Waals surface area contributed by atoms with Crippen LogP contribution in [0.25, 0.3) is 0 Å². The Hall–Kier alpha value is -1.39. The van der Waals surface area contributed by atoms with Crippen molar-refractivity contribution in [3.63, 3.8) is 0 Å². The standard InChI is InChI=1S/C15H24N2O2/c16-10-13-19-12-5-11-17-15(18)9-4-8-14-6-2-1-3-7-14/h1-3,6-7H,4-5,8-13,16H2,(H,17,18). The smallest absolute Gasteiger partial charge is 0.220 e. The first-order valence-electron chi connectivity index (χ1n) is 6.91. The molecule has 0 bridgehead atoms. The van der Waals surface area contributed by atoms with E-state index in [1.807, 2.05) is 18.2 Å². The largest absolute Gasteiger partial charge is 0.380 e. The number of ether oxygens (including phenoxy) is 1. The van der Waals surface area contributed by atoms with Gasteiger partial charge in [0.05, 0.1) is 6.61 Å². The van der Waals surface area contributed by atoms with Gasteiger partial charge in [-0.1, -0.05) is 30.3 Å². The molecule has 4 heteroatoms. The van der Waals surface area contributed by atoms with Gasteiger partial charge in [0.2, 0.25) is 5.91 Å². The van der Waals surface area contributed by atoms with Crippen molar-refractivity contribution >= 4 is 5.91 Å². The lowest BCUT2D eigenvalue weighted by Gasteiger charge is -2.06. The molecule has 106 valence electrons. The van der Waals surface area contributed by atoms with Crippen molar-refractivity contribution in [1.29, 1.82) is 0 Å². The van der Waals surface area contributed by atoms with Crippen molar-refractivity contribution in [2.24, 2.45) is 5.73 Å². The summed E-state index contributed by atoms with van der Waals surface area (Å²) in [7, 11) is 0. The van der Waals surface area contributed by atoms with Crippen LogP contribution in [0.15, 0.2) is 30.3 Å². The molecule has 0 aliphatic heterocycles. The molecule has 0 saturated heterocycles. The first-order valence-corrected chi connectivity index (χ1v) is 6.91. The number of carbonyl (C=O) groups excluding carboxylic acids is 1. The summed E-state index contributed by atoms with van der Waals surface area (Å²) in [6.45, 7) is 2.47. The topological polar surface area (TPSA) is 64.3 Å². The molecule has 0 aliphatic rings. The summed E-state index contributed by atoms with van der Waals surface area (Å²) in [6, 6.07) is 10.2. The van der Waals surface area contributed by atoms with Gasteiger partial charge < -0.3 is 15.8 Å². The van der Waals surface area contributed by atoms with Crippen LogP contribution in [0.3, 0.4) is 0 Å². The molecule has 0 atom stereocenters. The lowest BCUT2D eigenvalue weighted by molar-refractivity contribution is -0.121. The number of carbonyl (C=O) groups is 1. The van der Waals surface area contributed by atoms with Crippen molar-refractivity contribution in [1.82, 2.24) is 5.32 Å². The maximum absolute atomic E-state index is 11.6. The molecule has 4 nitrogen and oxygen atoms in total. The van der Waals surface area contributed by atoms with Crippen LogP contribution in [-0.2, 0) is 16.0 Å². The van der Waals surface area contributed by atoms with Crippen molar-refractivity contribution in [2.45, 2.75) is 25.7 Å². The van der Waals surface area contributed by atoms with Gasteiger partial charge in [-0.3, -0.25) is 4.79 Å². The Morgan fingerprint density at radius 3 is 2.68 bits per heavy atom. The van der Waals surface area contributed by atoms with Crippen molar-refractivity contribution < 1.29 is 9.53 Å². The van der Waals surface area contributed by atoms with Gasteiger partial charge in [-0.15, -0.1) is 0 Å². The number of nitrogens with two attached hydrogens (primary N) is 1. The second kappa shape index (κ2) is 10.5. The third-order valence-corrected chi connectivity index (χ3v) is 2.76. The molecule has 0 unspecified atom stereocenters. The van der Waals surface area contributed by atoms with Crippen molar-refractivity contribution in [3.8, 4) is 0 Å². The molecule has 1 aromatic rings. The Bertz CT molecular complexity index is 341. The number of amides is 1. The van der Waals surface area contributed by atoms with Crippen molar-refractivity contribution in [3.05, 3.63) is 35.9 Å². The van der Waals surface area contributed by atoms with Crippen molar-refractivity contribution in [2.75, 3.05) is 26.3 Å². The summed E-state index contributed by atoms with van der Waals surface area (Å²) >= 11 is 0. The first kappa shape index (κ1) is 15.7. The molecule has 0 radical (unpaired) electrons. The monoisotopic (exact) mass is 264 g/mol. The maximum Gasteiger partial charge on any atom is 0.220 e. The molecule has 0 aromatic heterocycles. The van der Waals surface area contributed by atoms with Gasteiger partial charge >= 0.3 is 0 Å².